The molecule has 0 aromatic carbocycles. The van der Waals surface area contributed by atoms with Gasteiger partial charge < -0.3 is 20.4 Å². The number of hydrogen-bond donors (Lipinski definition) is 2. The first kappa shape index (κ1) is 24.2. The number of anilines is 1. The number of rotatable bonds is 7. The van der Waals surface area contributed by atoms with Crippen LogP contribution in [0.25, 0.3) is 0 Å². The highest BCUT2D eigenvalue weighted by atomic mass is 127. The first-order valence-corrected chi connectivity index (χ1v) is 11.2. The summed E-state index contributed by atoms with van der Waals surface area (Å²) in [5.41, 5.74) is 1.25. The number of aromatic nitrogens is 1. The van der Waals surface area contributed by atoms with Crippen LogP contribution in [0.5, 0.6) is 0 Å². The van der Waals surface area contributed by atoms with Gasteiger partial charge in [0.15, 0.2) is 5.96 Å². The lowest BCUT2D eigenvalue weighted by Crippen LogP contribution is -2.38. The van der Waals surface area contributed by atoms with E-state index in [0.29, 0.717) is 0 Å². The van der Waals surface area contributed by atoms with Crippen LogP contribution in [0.15, 0.2) is 23.3 Å². The van der Waals surface area contributed by atoms with Crippen molar-refractivity contribution in [3.8, 4) is 0 Å². The van der Waals surface area contributed by atoms with Gasteiger partial charge >= 0.3 is 0 Å². The Kier molecular flexibility index (Phi) is 11.7. The molecule has 1 aromatic heterocycles. The molecule has 2 aliphatic heterocycles. The summed E-state index contributed by atoms with van der Waals surface area (Å²) in [6.45, 7) is 7.73. The number of pyridine rings is 1. The average Bonchev–Trinajstić information content (AvgIpc) is 3.03. The average molecular weight is 515 g/mol. The van der Waals surface area contributed by atoms with E-state index in [1.165, 1.54) is 70.1 Å². The van der Waals surface area contributed by atoms with Crippen molar-refractivity contribution in [3.63, 3.8) is 0 Å². The highest BCUT2D eigenvalue weighted by molar-refractivity contribution is 14.0. The maximum Gasteiger partial charge on any atom is 0.191 e. The number of aliphatic imine (C=N–C) groups is 1. The van der Waals surface area contributed by atoms with E-state index >= 15 is 0 Å². The molecule has 3 heterocycles. The van der Waals surface area contributed by atoms with Gasteiger partial charge in [-0.2, -0.15) is 0 Å². The molecule has 3 rings (SSSR count). The third-order valence-corrected chi connectivity index (χ3v) is 5.82. The second kappa shape index (κ2) is 14.0. The minimum atomic E-state index is 0. The molecule has 6 nitrogen and oxygen atoms in total. The summed E-state index contributed by atoms with van der Waals surface area (Å²) in [7, 11) is 1.84. The molecule has 164 valence electrons. The normalized spacial score (nSPS) is 18.7. The Hall–Kier alpha value is -1.09. The third kappa shape index (κ3) is 8.66. The van der Waals surface area contributed by atoms with Crippen molar-refractivity contribution in [2.24, 2.45) is 4.99 Å². The monoisotopic (exact) mass is 514 g/mol. The van der Waals surface area contributed by atoms with Crippen molar-refractivity contribution < 1.29 is 0 Å². The largest absolute Gasteiger partial charge is 0.357 e. The molecule has 2 aliphatic rings. The van der Waals surface area contributed by atoms with Crippen molar-refractivity contribution in [1.82, 2.24) is 20.5 Å². The van der Waals surface area contributed by atoms with Crippen molar-refractivity contribution in [1.29, 1.82) is 0 Å². The van der Waals surface area contributed by atoms with E-state index in [2.05, 4.69) is 42.5 Å². The van der Waals surface area contributed by atoms with Crippen LogP contribution in [0, 0.1) is 0 Å². The van der Waals surface area contributed by atoms with Crippen molar-refractivity contribution in [2.75, 3.05) is 51.2 Å². The minimum absolute atomic E-state index is 0. The van der Waals surface area contributed by atoms with E-state index in [9.17, 15) is 0 Å². The topological polar surface area (TPSA) is 55.8 Å². The Morgan fingerprint density at radius 1 is 1.00 bits per heavy atom. The quantitative estimate of drug-likeness (QED) is 0.252. The maximum atomic E-state index is 4.57. The molecular formula is C22H39IN6. The number of likely N-dealkylation sites (tertiary alicyclic amines) is 1. The summed E-state index contributed by atoms with van der Waals surface area (Å²) >= 11 is 0. The molecule has 7 heteroatoms. The number of guanidine groups is 1. The van der Waals surface area contributed by atoms with Crippen LogP contribution < -0.4 is 15.5 Å². The van der Waals surface area contributed by atoms with Crippen LogP contribution in [0.2, 0.25) is 0 Å². The van der Waals surface area contributed by atoms with Gasteiger partial charge in [-0.05, 0) is 75.9 Å². The van der Waals surface area contributed by atoms with Crippen LogP contribution >= 0.6 is 24.0 Å². The smallest absolute Gasteiger partial charge is 0.191 e. The zero-order chi connectivity index (χ0) is 19.4. The molecule has 0 saturated carbocycles. The van der Waals surface area contributed by atoms with Gasteiger partial charge in [0, 0.05) is 39.4 Å². The first-order valence-electron chi connectivity index (χ1n) is 11.2. The van der Waals surface area contributed by atoms with Gasteiger partial charge in [-0.25, -0.2) is 4.98 Å². The summed E-state index contributed by atoms with van der Waals surface area (Å²) in [5, 5.41) is 6.90. The molecule has 2 N–H and O–H groups in total. The van der Waals surface area contributed by atoms with E-state index < -0.39 is 0 Å². The summed E-state index contributed by atoms with van der Waals surface area (Å²) in [6, 6.07) is 4.30. The van der Waals surface area contributed by atoms with E-state index in [1.807, 2.05) is 13.2 Å². The molecule has 0 amide bonds. The molecule has 0 atom stereocenters. The number of hydrogen-bond acceptors (Lipinski definition) is 4. The maximum absolute atomic E-state index is 4.57. The summed E-state index contributed by atoms with van der Waals surface area (Å²) in [4.78, 5) is 14.0. The number of piperidine rings is 1. The van der Waals surface area contributed by atoms with Gasteiger partial charge in [0.1, 0.15) is 5.82 Å². The Bertz CT molecular complexity index is 595. The summed E-state index contributed by atoms with van der Waals surface area (Å²) in [6.07, 6.45) is 12.5. The second-order valence-corrected chi connectivity index (χ2v) is 8.03. The molecule has 2 saturated heterocycles. The van der Waals surface area contributed by atoms with Gasteiger partial charge in [-0.1, -0.05) is 12.8 Å². The minimum Gasteiger partial charge on any atom is -0.357 e. The molecule has 0 aliphatic carbocycles. The van der Waals surface area contributed by atoms with Crippen LogP contribution in [-0.2, 0) is 6.54 Å². The second-order valence-electron chi connectivity index (χ2n) is 8.03. The number of nitrogens with one attached hydrogen (secondary N) is 2. The van der Waals surface area contributed by atoms with Gasteiger partial charge in [-0.15, -0.1) is 24.0 Å². The molecule has 0 unspecified atom stereocenters. The zero-order valence-corrected chi connectivity index (χ0v) is 20.4. The van der Waals surface area contributed by atoms with E-state index in [-0.39, 0.29) is 24.0 Å². The Labute approximate surface area is 194 Å². The van der Waals surface area contributed by atoms with E-state index in [4.69, 9.17) is 0 Å². The van der Waals surface area contributed by atoms with Gasteiger partial charge in [0.2, 0.25) is 0 Å². The molecular weight excluding hydrogens is 475 g/mol. The Morgan fingerprint density at radius 3 is 2.41 bits per heavy atom. The van der Waals surface area contributed by atoms with Crippen molar-refractivity contribution >= 4 is 35.8 Å². The summed E-state index contributed by atoms with van der Waals surface area (Å²) in [5.74, 6) is 1.99. The van der Waals surface area contributed by atoms with Gasteiger partial charge in [-0.3, -0.25) is 4.99 Å². The Balaban J connectivity index is 0.00000300. The Morgan fingerprint density at radius 2 is 1.69 bits per heavy atom. The highest BCUT2D eigenvalue weighted by Gasteiger charge is 2.12. The van der Waals surface area contributed by atoms with Crippen molar-refractivity contribution in [2.45, 2.75) is 57.9 Å². The SMILES string of the molecule is CN=C(NCCCN1CCCCCC1)NCc1ccnc(N2CCCCC2)c1.I. The number of nitrogens with zero attached hydrogens (tertiary/aromatic N) is 4. The lowest BCUT2D eigenvalue weighted by atomic mass is 10.1. The predicted octanol–water partition coefficient (Wildman–Crippen LogP) is 3.62. The molecule has 2 fully saturated rings. The standard InChI is InChI=1S/C22H38N6.HI/c1-23-22(25-11-9-15-27-13-5-2-3-6-14-27)26-19-20-10-12-24-21(18-20)28-16-7-4-8-17-28;/h10,12,18H,2-9,11,13-17,19H2,1H3,(H2,23,25,26);1H. The fraction of sp³-hybridized carbons (Fsp3) is 0.727. The van der Waals surface area contributed by atoms with Crippen LogP contribution in [0.3, 0.4) is 0 Å². The van der Waals surface area contributed by atoms with Gasteiger partial charge in [0.25, 0.3) is 0 Å². The first-order chi connectivity index (χ1) is 13.8. The zero-order valence-electron chi connectivity index (χ0n) is 18.0. The molecule has 1 aromatic rings. The fourth-order valence-electron chi connectivity index (χ4n) is 4.14. The van der Waals surface area contributed by atoms with E-state index in [1.54, 1.807) is 0 Å². The van der Waals surface area contributed by atoms with E-state index in [0.717, 1.165) is 44.4 Å². The van der Waals surface area contributed by atoms with Gasteiger partial charge in [0.05, 0.1) is 0 Å². The fourth-order valence-corrected chi connectivity index (χ4v) is 4.14. The van der Waals surface area contributed by atoms with Crippen molar-refractivity contribution in [3.05, 3.63) is 23.9 Å². The highest BCUT2D eigenvalue weighted by Crippen LogP contribution is 2.18. The third-order valence-electron chi connectivity index (χ3n) is 5.82. The predicted molar refractivity (Wildman–Crippen MR) is 133 cm³/mol. The van der Waals surface area contributed by atoms with Crippen LogP contribution in [-0.4, -0.2) is 62.2 Å². The summed E-state index contributed by atoms with van der Waals surface area (Å²) < 4.78 is 0. The molecule has 29 heavy (non-hydrogen) atoms. The molecule has 0 bridgehead atoms. The van der Waals surface area contributed by atoms with Crippen LogP contribution in [0.4, 0.5) is 5.82 Å². The van der Waals surface area contributed by atoms with Crippen LogP contribution in [0.1, 0.15) is 56.9 Å². The number of halogens is 1. The molecule has 0 spiro atoms. The molecule has 0 radical (unpaired) electrons. The lowest BCUT2D eigenvalue weighted by molar-refractivity contribution is 0.282. The lowest BCUT2D eigenvalue weighted by Gasteiger charge is -2.28.